The average molecular weight is 323 g/mol. The van der Waals surface area contributed by atoms with Crippen LogP contribution in [-0.2, 0) is 0 Å². The van der Waals surface area contributed by atoms with Crippen LogP contribution in [0.5, 0.6) is 5.75 Å². The van der Waals surface area contributed by atoms with Crippen molar-refractivity contribution in [1.82, 2.24) is 5.32 Å². The molecule has 1 fully saturated rings. The van der Waals surface area contributed by atoms with Gasteiger partial charge in [0.25, 0.3) is 0 Å². The third-order valence-electron chi connectivity index (χ3n) is 3.22. The normalized spacial score (nSPS) is 16.4. The molecule has 0 amide bonds. The second-order valence-electron chi connectivity index (χ2n) is 4.91. The monoisotopic (exact) mass is 321 g/mol. The van der Waals surface area contributed by atoms with Gasteiger partial charge in [0.15, 0.2) is 5.75 Å². The van der Waals surface area contributed by atoms with E-state index in [1.807, 2.05) is 0 Å². The van der Waals surface area contributed by atoms with Crippen molar-refractivity contribution in [1.29, 1.82) is 0 Å². The molecule has 0 aliphatic heterocycles. The van der Waals surface area contributed by atoms with E-state index in [1.54, 1.807) is 12.1 Å². The van der Waals surface area contributed by atoms with Crippen molar-refractivity contribution < 1.29 is 4.74 Å². The number of ether oxygens (including phenoxy) is 1. The first-order valence-corrected chi connectivity index (χ1v) is 7.76. The summed E-state index contributed by atoms with van der Waals surface area (Å²) in [4.78, 5) is 0. The zero-order valence-electron chi connectivity index (χ0n) is 10.9. The summed E-state index contributed by atoms with van der Waals surface area (Å²) >= 11 is 18.1. The molecule has 106 valence electrons. The maximum Gasteiger partial charge on any atom is 0.156 e. The molecule has 19 heavy (non-hydrogen) atoms. The molecule has 0 aromatic heterocycles. The lowest BCUT2D eigenvalue weighted by atomic mass is 10.2. The summed E-state index contributed by atoms with van der Waals surface area (Å²) in [5.41, 5.74) is 0. The second kappa shape index (κ2) is 7.03. The van der Waals surface area contributed by atoms with Gasteiger partial charge < -0.3 is 10.1 Å². The van der Waals surface area contributed by atoms with Gasteiger partial charge in [0.2, 0.25) is 0 Å². The van der Waals surface area contributed by atoms with E-state index in [-0.39, 0.29) is 0 Å². The third-order valence-corrected chi connectivity index (χ3v) is 4.00. The van der Waals surface area contributed by atoms with E-state index < -0.39 is 0 Å². The fourth-order valence-corrected chi connectivity index (χ4v) is 2.96. The Morgan fingerprint density at radius 2 is 1.89 bits per heavy atom. The largest absolute Gasteiger partial charge is 0.489 e. The van der Waals surface area contributed by atoms with E-state index in [9.17, 15) is 0 Å². The minimum atomic E-state index is 0.378. The number of benzene rings is 1. The van der Waals surface area contributed by atoms with Crippen molar-refractivity contribution in [2.24, 2.45) is 5.92 Å². The van der Waals surface area contributed by atoms with E-state index in [2.05, 4.69) is 12.2 Å². The van der Waals surface area contributed by atoms with Crippen LogP contribution in [0.2, 0.25) is 15.1 Å². The molecule has 0 bridgehead atoms. The molecule has 1 unspecified atom stereocenters. The maximum absolute atomic E-state index is 6.10. The van der Waals surface area contributed by atoms with Crippen LogP contribution < -0.4 is 10.1 Å². The van der Waals surface area contributed by atoms with Gasteiger partial charge in [0, 0.05) is 11.1 Å². The van der Waals surface area contributed by atoms with Crippen molar-refractivity contribution in [3.63, 3.8) is 0 Å². The summed E-state index contributed by atoms with van der Waals surface area (Å²) in [6, 6.07) is 3.68. The van der Waals surface area contributed by atoms with Crippen LogP contribution >= 0.6 is 34.8 Å². The molecule has 0 spiro atoms. The van der Waals surface area contributed by atoms with Crippen molar-refractivity contribution in [2.45, 2.75) is 32.2 Å². The van der Waals surface area contributed by atoms with E-state index in [0.717, 1.165) is 18.9 Å². The van der Waals surface area contributed by atoms with Crippen LogP contribution in [0.15, 0.2) is 12.1 Å². The van der Waals surface area contributed by atoms with Crippen molar-refractivity contribution in [3.8, 4) is 5.75 Å². The lowest BCUT2D eigenvalue weighted by Crippen LogP contribution is -2.37. The van der Waals surface area contributed by atoms with Gasteiger partial charge in [0.05, 0.1) is 10.0 Å². The standard InChI is InChI=1S/C14H18Cl3NO/c1-2-5-18-13(9-3-4-9)8-19-14-11(16)6-10(15)7-12(14)17/h6-7,9,13,18H,2-5,8H2,1H3. The van der Waals surface area contributed by atoms with E-state index >= 15 is 0 Å². The maximum atomic E-state index is 6.10. The number of hydrogen-bond acceptors (Lipinski definition) is 2. The molecule has 2 nitrogen and oxygen atoms in total. The van der Waals surface area contributed by atoms with Crippen molar-refractivity contribution >= 4 is 34.8 Å². The Balaban J connectivity index is 1.96. The highest BCUT2D eigenvalue weighted by Gasteiger charge is 2.31. The molecule has 1 aromatic rings. The zero-order valence-corrected chi connectivity index (χ0v) is 13.2. The smallest absolute Gasteiger partial charge is 0.156 e. The molecule has 2 rings (SSSR count). The number of hydrogen-bond donors (Lipinski definition) is 1. The van der Waals surface area contributed by atoms with Gasteiger partial charge in [-0.25, -0.2) is 0 Å². The minimum absolute atomic E-state index is 0.378. The predicted molar refractivity (Wildman–Crippen MR) is 81.8 cm³/mol. The Morgan fingerprint density at radius 1 is 1.26 bits per heavy atom. The van der Waals surface area contributed by atoms with Crippen LogP contribution in [-0.4, -0.2) is 19.2 Å². The van der Waals surface area contributed by atoms with Crippen LogP contribution in [0.25, 0.3) is 0 Å². The van der Waals surface area contributed by atoms with Gasteiger partial charge >= 0.3 is 0 Å². The Hall–Kier alpha value is -0.150. The zero-order chi connectivity index (χ0) is 13.8. The first kappa shape index (κ1) is 15.2. The Bertz CT molecular complexity index is 412. The van der Waals surface area contributed by atoms with Crippen molar-refractivity contribution in [3.05, 3.63) is 27.2 Å². The second-order valence-corrected chi connectivity index (χ2v) is 6.16. The Morgan fingerprint density at radius 3 is 2.42 bits per heavy atom. The molecular weight excluding hydrogens is 305 g/mol. The van der Waals surface area contributed by atoms with Gasteiger partial charge in [-0.3, -0.25) is 0 Å². The van der Waals surface area contributed by atoms with Crippen molar-refractivity contribution in [2.75, 3.05) is 13.2 Å². The summed E-state index contributed by atoms with van der Waals surface area (Å²) in [6.45, 7) is 3.75. The van der Waals surface area contributed by atoms with Gasteiger partial charge in [-0.2, -0.15) is 0 Å². The topological polar surface area (TPSA) is 21.3 Å². The molecule has 0 radical (unpaired) electrons. The van der Waals surface area contributed by atoms with Crippen LogP contribution in [0.1, 0.15) is 26.2 Å². The molecule has 1 aliphatic rings. The van der Waals surface area contributed by atoms with E-state index in [0.29, 0.717) is 33.5 Å². The van der Waals surface area contributed by atoms with Crippen LogP contribution in [0, 0.1) is 5.92 Å². The van der Waals surface area contributed by atoms with Gasteiger partial charge in [0.1, 0.15) is 6.61 Å². The molecular formula is C14H18Cl3NO. The lowest BCUT2D eigenvalue weighted by Gasteiger charge is -2.19. The molecule has 1 aromatic carbocycles. The highest BCUT2D eigenvalue weighted by atomic mass is 35.5. The summed E-state index contributed by atoms with van der Waals surface area (Å²) < 4.78 is 5.80. The molecule has 0 saturated heterocycles. The molecule has 1 saturated carbocycles. The molecule has 1 aliphatic carbocycles. The fourth-order valence-electron chi connectivity index (χ4n) is 2.03. The molecule has 1 N–H and O–H groups in total. The number of nitrogens with one attached hydrogen (secondary N) is 1. The summed E-state index contributed by atoms with van der Waals surface area (Å²) in [6.07, 6.45) is 3.66. The average Bonchev–Trinajstić information content (AvgIpc) is 3.15. The van der Waals surface area contributed by atoms with Gasteiger partial charge in [-0.05, 0) is 43.9 Å². The summed E-state index contributed by atoms with van der Waals surface area (Å²) in [5.74, 6) is 1.24. The molecule has 0 heterocycles. The van der Waals surface area contributed by atoms with Crippen LogP contribution in [0.4, 0.5) is 0 Å². The number of halogens is 3. The number of rotatable bonds is 7. The Labute approximate surface area is 129 Å². The SMILES string of the molecule is CCCNC(COc1c(Cl)cc(Cl)cc1Cl)C1CC1. The van der Waals surface area contributed by atoms with E-state index in [1.165, 1.54) is 12.8 Å². The third kappa shape index (κ3) is 4.42. The molecule has 1 atom stereocenters. The van der Waals surface area contributed by atoms with E-state index in [4.69, 9.17) is 39.5 Å². The van der Waals surface area contributed by atoms with Crippen LogP contribution in [0.3, 0.4) is 0 Å². The first-order valence-electron chi connectivity index (χ1n) is 6.62. The predicted octanol–water partition coefficient (Wildman–Crippen LogP) is 4.80. The summed E-state index contributed by atoms with van der Waals surface area (Å²) in [5, 5.41) is 4.95. The highest BCUT2D eigenvalue weighted by Crippen LogP contribution is 2.37. The fraction of sp³-hybridized carbons (Fsp3) is 0.571. The van der Waals surface area contributed by atoms with Gasteiger partial charge in [-0.15, -0.1) is 0 Å². The summed E-state index contributed by atoms with van der Waals surface area (Å²) in [7, 11) is 0. The minimum Gasteiger partial charge on any atom is -0.489 e. The molecule has 5 heteroatoms. The highest BCUT2D eigenvalue weighted by molar-refractivity contribution is 6.40. The van der Waals surface area contributed by atoms with Gasteiger partial charge in [-0.1, -0.05) is 41.7 Å². The lowest BCUT2D eigenvalue weighted by molar-refractivity contribution is 0.249. The quantitative estimate of drug-likeness (QED) is 0.778. The first-order chi connectivity index (χ1) is 9.11. The Kier molecular flexibility index (Phi) is 5.64.